The van der Waals surface area contributed by atoms with Crippen LogP contribution in [-0.2, 0) is 16.6 Å². The predicted molar refractivity (Wildman–Crippen MR) is 52.3 cm³/mol. The Morgan fingerprint density at radius 3 is 2.75 bits per heavy atom. The van der Waals surface area contributed by atoms with E-state index in [1.54, 1.807) is 6.92 Å². The summed E-state index contributed by atoms with van der Waals surface area (Å²) in [6.07, 6.45) is 0. The van der Waals surface area contributed by atoms with Gasteiger partial charge in [0.1, 0.15) is 5.69 Å². The van der Waals surface area contributed by atoms with E-state index in [2.05, 4.69) is 9.84 Å². The van der Waals surface area contributed by atoms with Crippen molar-refractivity contribution >= 4 is 11.9 Å². The molecule has 88 valence electrons. The monoisotopic (exact) mass is 228 g/mol. The van der Waals surface area contributed by atoms with Gasteiger partial charge in [-0.1, -0.05) is 0 Å². The van der Waals surface area contributed by atoms with E-state index in [9.17, 15) is 9.59 Å². The lowest BCUT2D eigenvalue weighted by molar-refractivity contribution is -0.145. The molecule has 1 heterocycles. The molecule has 0 atom stereocenters. The zero-order chi connectivity index (χ0) is 12.1. The van der Waals surface area contributed by atoms with E-state index in [-0.39, 0.29) is 24.8 Å². The van der Waals surface area contributed by atoms with Gasteiger partial charge in [0.2, 0.25) is 5.88 Å². The van der Waals surface area contributed by atoms with E-state index < -0.39 is 11.9 Å². The van der Waals surface area contributed by atoms with Gasteiger partial charge in [0.05, 0.1) is 6.61 Å². The maximum absolute atomic E-state index is 10.9. The number of carbonyl (C=O) groups is 2. The SMILES string of the molecule is CCOC(=O)COc1cc(C(=O)O)n(C)n1. The van der Waals surface area contributed by atoms with Crippen LogP contribution in [0.5, 0.6) is 5.88 Å². The number of aromatic carboxylic acids is 1. The molecule has 0 spiro atoms. The molecular formula is C9H12N2O5. The number of rotatable bonds is 5. The first-order valence-electron chi connectivity index (χ1n) is 4.60. The predicted octanol–water partition coefficient (Wildman–Crippen LogP) is 0.0602. The van der Waals surface area contributed by atoms with Gasteiger partial charge in [-0.2, -0.15) is 0 Å². The van der Waals surface area contributed by atoms with Crippen molar-refractivity contribution in [2.75, 3.05) is 13.2 Å². The van der Waals surface area contributed by atoms with Gasteiger partial charge in [-0.25, -0.2) is 9.59 Å². The molecule has 0 radical (unpaired) electrons. The fourth-order valence-electron chi connectivity index (χ4n) is 1.05. The molecule has 0 unspecified atom stereocenters. The average molecular weight is 228 g/mol. The second-order valence-corrected chi connectivity index (χ2v) is 2.89. The summed E-state index contributed by atoms with van der Waals surface area (Å²) in [6, 6.07) is 1.24. The lowest BCUT2D eigenvalue weighted by Gasteiger charge is -2.01. The zero-order valence-corrected chi connectivity index (χ0v) is 8.97. The first-order chi connectivity index (χ1) is 7.54. The van der Waals surface area contributed by atoms with E-state index in [4.69, 9.17) is 9.84 Å². The van der Waals surface area contributed by atoms with Gasteiger partial charge >= 0.3 is 11.9 Å². The quantitative estimate of drug-likeness (QED) is 0.716. The summed E-state index contributed by atoms with van der Waals surface area (Å²) in [5.41, 5.74) is -0.0149. The van der Waals surface area contributed by atoms with Gasteiger partial charge < -0.3 is 14.6 Å². The third-order valence-electron chi connectivity index (χ3n) is 1.72. The molecule has 0 amide bonds. The Morgan fingerprint density at radius 2 is 2.25 bits per heavy atom. The van der Waals surface area contributed by atoms with Crippen molar-refractivity contribution in [2.45, 2.75) is 6.92 Å². The Balaban J connectivity index is 2.58. The number of nitrogens with zero attached hydrogens (tertiary/aromatic N) is 2. The first-order valence-corrected chi connectivity index (χ1v) is 4.60. The van der Waals surface area contributed by atoms with E-state index in [0.717, 1.165) is 4.68 Å². The Labute approximate surface area is 91.6 Å². The standard InChI is InChI=1S/C9H12N2O5/c1-3-15-8(12)5-16-7-4-6(9(13)14)11(2)10-7/h4H,3,5H2,1-2H3,(H,13,14). The van der Waals surface area contributed by atoms with Crippen LogP contribution in [0.15, 0.2) is 6.07 Å². The molecular weight excluding hydrogens is 216 g/mol. The number of hydrogen-bond acceptors (Lipinski definition) is 5. The molecule has 0 aliphatic heterocycles. The number of ether oxygens (including phenoxy) is 2. The summed E-state index contributed by atoms with van der Waals surface area (Å²) < 4.78 is 10.8. The molecule has 7 nitrogen and oxygen atoms in total. The van der Waals surface area contributed by atoms with Crippen molar-refractivity contribution in [3.8, 4) is 5.88 Å². The van der Waals surface area contributed by atoms with Crippen molar-refractivity contribution in [3.05, 3.63) is 11.8 Å². The van der Waals surface area contributed by atoms with E-state index >= 15 is 0 Å². The van der Waals surface area contributed by atoms with Crippen molar-refractivity contribution in [1.29, 1.82) is 0 Å². The van der Waals surface area contributed by atoms with Crippen LogP contribution >= 0.6 is 0 Å². The minimum Gasteiger partial charge on any atom is -0.477 e. The molecule has 16 heavy (non-hydrogen) atoms. The molecule has 1 rings (SSSR count). The number of aryl methyl sites for hydroxylation is 1. The van der Waals surface area contributed by atoms with Crippen LogP contribution in [0.2, 0.25) is 0 Å². The van der Waals surface area contributed by atoms with Crippen LogP contribution in [0.3, 0.4) is 0 Å². The van der Waals surface area contributed by atoms with Crippen molar-refractivity contribution < 1.29 is 24.2 Å². The van der Waals surface area contributed by atoms with Crippen LogP contribution in [0, 0.1) is 0 Å². The molecule has 0 aromatic carbocycles. The van der Waals surface area contributed by atoms with Crippen LogP contribution in [0.25, 0.3) is 0 Å². The third kappa shape index (κ3) is 2.97. The molecule has 7 heteroatoms. The Bertz CT molecular complexity index is 399. The summed E-state index contributed by atoms with van der Waals surface area (Å²) in [5, 5.41) is 12.5. The zero-order valence-electron chi connectivity index (χ0n) is 8.97. The summed E-state index contributed by atoms with van der Waals surface area (Å²) >= 11 is 0. The summed E-state index contributed by atoms with van der Waals surface area (Å²) in [6.45, 7) is 1.66. The molecule has 1 N–H and O–H groups in total. The lowest BCUT2D eigenvalue weighted by Crippen LogP contribution is -2.14. The number of esters is 1. The number of carboxylic acids is 1. The van der Waals surface area contributed by atoms with Crippen molar-refractivity contribution in [1.82, 2.24) is 9.78 Å². The minimum atomic E-state index is -1.11. The van der Waals surface area contributed by atoms with Crippen LogP contribution in [0.1, 0.15) is 17.4 Å². The number of carbonyl (C=O) groups excluding carboxylic acids is 1. The average Bonchev–Trinajstić information content (AvgIpc) is 2.57. The van der Waals surface area contributed by atoms with E-state index in [0.29, 0.717) is 0 Å². The fraction of sp³-hybridized carbons (Fsp3) is 0.444. The number of aromatic nitrogens is 2. The number of hydrogen-bond donors (Lipinski definition) is 1. The lowest BCUT2D eigenvalue weighted by atomic mass is 10.4. The second-order valence-electron chi connectivity index (χ2n) is 2.89. The van der Waals surface area contributed by atoms with E-state index in [1.807, 2.05) is 0 Å². The molecule has 0 saturated heterocycles. The normalized spacial score (nSPS) is 9.88. The molecule has 1 aromatic rings. The van der Waals surface area contributed by atoms with Crippen LogP contribution in [0.4, 0.5) is 0 Å². The van der Waals surface area contributed by atoms with Crippen LogP contribution < -0.4 is 4.74 Å². The second kappa shape index (κ2) is 5.15. The molecule has 0 saturated carbocycles. The van der Waals surface area contributed by atoms with Gasteiger partial charge in [-0.05, 0) is 6.92 Å². The number of carboxylic acid groups (broad SMARTS) is 1. The molecule has 0 fully saturated rings. The largest absolute Gasteiger partial charge is 0.477 e. The van der Waals surface area contributed by atoms with E-state index in [1.165, 1.54) is 13.1 Å². The minimum absolute atomic E-state index is 0.0149. The Morgan fingerprint density at radius 1 is 1.56 bits per heavy atom. The molecule has 0 bridgehead atoms. The maximum Gasteiger partial charge on any atom is 0.354 e. The maximum atomic E-state index is 10.9. The molecule has 1 aromatic heterocycles. The first kappa shape index (κ1) is 12.0. The van der Waals surface area contributed by atoms with Gasteiger partial charge in [0.15, 0.2) is 6.61 Å². The summed E-state index contributed by atoms with van der Waals surface area (Å²) in [4.78, 5) is 21.6. The van der Waals surface area contributed by atoms with Crippen molar-refractivity contribution in [3.63, 3.8) is 0 Å². The molecule has 0 aliphatic rings. The summed E-state index contributed by atoms with van der Waals surface area (Å²) in [7, 11) is 1.47. The Kier molecular flexibility index (Phi) is 3.87. The highest BCUT2D eigenvalue weighted by Gasteiger charge is 2.13. The smallest absolute Gasteiger partial charge is 0.354 e. The Hall–Kier alpha value is -2.05. The van der Waals surface area contributed by atoms with Gasteiger partial charge in [0.25, 0.3) is 0 Å². The van der Waals surface area contributed by atoms with Gasteiger partial charge in [-0.15, -0.1) is 5.10 Å². The highest BCUT2D eigenvalue weighted by atomic mass is 16.6. The summed E-state index contributed by atoms with van der Waals surface area (Å²) in [5.74, 6) is -1.56. The molecule has 0 aliphatic carbocycles. The van der Waals surface area contributed by atoms with Gasteiger partial charge in [0, 0.05) is 13.1 Å². The third-order valence-corrected chi connectivity index (χ3v) is 1.72. The van der Waals surface area contributed by atoms with Crippen LogP contribution in [-0.4, -0.2) is 40.0 Å². The topological polar surface area (TPSA) is 90.6 Å². The highest BCUT2D eigenvalue weighted by Crippen LogP contribution is 2.10. The fourth-order valence-corrected chi connectivity index (χ4v) is 1.05. The van der Waals surface area contributed by atoms with Crippen molar-refractivity contribution in [2.24, 2.45) is 7.05 Å². The van der Waals surface area contributed by atoms with Gasteiger partial charge in [-0.3, -0.25) is 4.68 Å². The highest BCUT2D eigenvalue weighted by molar-refractivity contribution is 5.86.